The number of aliphatic hydroxyl groups excluding tert-OH is 2. The molecule has 1 aliphatic rings. The molecule has 0 amide bonds. The van der Waals surface area contributed by atoms with Crippen molar-refractivity contribution in [2.45, 2.75) is 189 Å². The van der Waals surface area contributed by atoms with Gasteiger partial charge in [-0.2, -0.15) is 0 Å². The molecule has 0 unspecified atom stereocenters. The molecule has 0 spiro atoms. The van der Waals surface area contributed by atoms with Crippen molar-refractivity contribution in [3.05, 3.63) is 185 Å². The Labute approximate surface area is 531 Å². The second kappa shape index (κ2) is 35.6. The van der Waals surface area contributed by atoms with Crippen molar-refractivity contribution < 1.29 is 44.3 Å². The van der Waals surface area contributed by atoms with Gasteiger partial charge >= 0.3 is 20.1 Å². The maximum Gasteiger partial charge on any atom is 3.00 e. The molecule has 0 radical (unpaired) electrons. The summed E-state index contributed by atoms with van der Waals surface area (Å²) in [6, 6.07) is 52.0. The van der Waals surface area contributed by atoms with Crippen LogP contribution in [-0.2, 0) is 59.0 Å². The Balaban J connectivity index is 0.000000197. The average molecular weight is 1350 g/mol. The third kappa shape index (κ3) is 19.4. The summed E-state index contributed by atoms with van der Waals surface area (Å²) in [5.41, 5.74) is 17.5. The van der Waals surface area contributed by atoms with Gasteiger partial charge in [0.2, 0.25) is 0 Å². The van der Waals surface area contributed by atoms with E-state index in [1.54, 1.807) is 23.9 Å². The topological polar surface area (TPSA) is 128 Å². The third-order valence-electron chi connectivity index (χ3n) is 16.0. The predicted molar refractivity (Wildman–Crippen MR) is 354 cm³/mol. The number of nitrogens with zero attached hydrogens (tertiary/aromatic N) is 3. The maximum atomic E-state index is 11.6. The van der Waals surface area contributed by atoms with Crippen LogP contribution >= 0.6 is 11.8 Å². The fourth-order valence-corrected chi connectivity index (χ4v) is 12.3. The SMILES string of the molecule is CC(C)[C@H]1CSC(c2ccccc2[O-])=N1.CCCCCCc1cc(CCCCCC)cc(-c2ccc[c-]c2-c2nc3cc(CO)ccc3o2)c1.CCCCCCc1cc(CCCCCC)cc(-c2ccc[c-]c2-c2nc3cc(CO)ccc3o2)c1.[Ir+3]. The van der Waals surface area contributed by atoms with E-state index in [-0.39, 0.29) is 39.1 Å². The zero-order valence-corrected chi connectivity index (χ0v) is 55.0. The van der Waals surface area contributed by atoms with Crippen molar-refractivity contribution in [3.63, 3.8) is 0 Å². The van der Waals surface area contributed by atoms with Crippen LogP contribution < -0.4 is 5.11 Å². The summed E-state index contributed by atoms with van der Waals surface area (Å²) in [4.78, 5) is 14.1. The Morgan fingerprint density at radius 1 is 0.500 bits per heavy atom. The molecule has 0 aliphatic carbocycles. The fraction of sp³-hybridized carbons (Fsp3) is 0.408. The Morgan fingerprint density at radius 3 is 1.28 bits per heavy atom. The number of thioether (sulfide) groups is 1. The smallest absolute Gasteiger partial charge is 0.872 e. The van der Waals surface area contributed by atoms with Crippen LogP contribution in [0.4, 0.5) is 0 Å². The van der Waals surface area contributed by atoms with Crippen molar-refractivity contribution in [1.29, 1.82) is 0 Å². The Bertz CT molecular complexity index is 3270. The van der Waals surface area contributed by atoms with Gasteiger partial charge in [0.05, 0.1) is 35.3 Å². The molecule has 0 saturated carbocycles. The number of rotatable bonds is 28. The number of para-hydroxylation sites is 1. The van der Waals surface area contributed by atoms with E-state index < -0.39 is 0 Å². The van der Waals surface area contributed by atoms with E-state index in [0.29, 0.717) is 23.7 Å². The number of hydrogen-bond acceptors (Lipinski definition) is 9. The zero-order valence-electron chi connectivity index (χ0n) is 51.8. The van der Waals surface area contributed by atoms with Gasteiger partial charge in [0, 0.05) is 5.75 Å². The summed E-state index contributed by atoms with van der Waals surface area (Å²) < 4.78 is 12.3. The second-order valence-electron chi connectivity index (χ2n) is 23.2. The van der Waals surface area contributed by atoms with Crippen LogP contribution in [0, 0.1) is 18.1 Å². The molecule has 7 aromatic carbocycles. The third-order valence-corrected chi connectivity index (χ3v) is 17.1. The number of aromatic nitrogens is 2. The van der Waals surface area contributed by atoms with Crippen molar-refractivity contribution >= 4 is 39.0 Å². The Hall–Kier alpha value is -6.13. The van der Waals surface area contributed by atoms with E-state index in [9.17, 15) is 15.3 Å². The first-order chi connectivity index (χ1) is 41.6. The van der Waals surface area contributed by atoms with Gasteiger partial charge in [-0.15, -0.1) is 60.3 Å². The number of oxazole rings is 2. The molecule has 0 fully saturated rings. The molecule has 86 heavy (non-hydrogen) atoms. The maximum absolute atomic E-state index is 11.6. The number of unbranched alkanes of at least 4 members (excludes halogenated alkanes) is 12. The van der Waals surface area contributed by atoms with E-state index >= 15 is 0 Å². The molecule has 0 saturated heterocycles. The van der Waals surface area contributed by atoms with Crippen molar-refractivity contribution in [2.24, 2.45) is 10.9 Å². The molecule has 10 heteroatoms. The molecule has 2 N–H and O–H groups in total. The van der Waals surface area contributed by atoms with Crippen LogP contribution in [-0.4, -0.2) is 37.0 Å². The number of aryl methyl sites for hydroxylation is 4. The standard InChI is InChI=1S/2C32H38NO2.C12H15NOS.Ir/c2*1-3-5-7-9-13-24-19-25(14-10-8-6-4-2)21-27(20-24)28-15-11-12-16-29(28)32-33-30-22-26(23-34)17-18-31(30)35-32;1-8(2)10-7-15-12(13-10)9-5-3-4-6-11(9)14;/h2*11-12,15,17-22,34H,3-10,13-14,23H2,1-2H3;3-6,8,10,14H,7H2,1-2H3;/q2*-1;;+3/p-1/t;;10-;/m..1./s1. The quantitative estimate of drug-likeness (QED) is 0.0367. The number of fused-ring (bicyclic) bond motifs is 2. The van der Waals surface area contributed by atoms with E-state index in [0.717, 1.165) is 97.6 Å². The first kappa shape index (κ1) is 67.4. The summed E-state index contributed by atoms with van der Waals surface area (Å²) in [5.74, 6) is 2.77. The predicted octanol–water partition coefficient (Wildman–Crippen LogP) is 19.7. The number of benzene rings is 7. The number of hydrogen-bond donors (Lipinski definition) is 2. The first-order valence-electron chi connectivity index (χ1n) is 31.9. The van der Waals surface area contributed by atoms with Gasteiger partial charge in [-0.25, -0.2) is 0 Å². The van der Waals surface area contributed by atoms with E-state index in [4.69, 9.17) is 18.8 Å². The van der Waals surface area contributed by atoms with Crippen molar-refractivity contribution in [1.82, 2.24) is 9.97 Å². The van der Waals surface area contributed by atoms with Crippen molar-refractivity contribution in [3.8, 4) is 50.9 Å². The van der Waals surface area contributed by atoms with Gasteiger partial charge in [-0.3, -0.25) is 15.0 Å². The van der Waals surface area contributed by atoms with Gasteiger partial charge in [-0.05, 0) is 120 Å². The molecule has 10 rings (SSSR count). The molecular formula is C76H90IrN3O5S. The van der Waals surface area contributed by atoms with Gasteiger partial charge < -0.3 is 24.2 Å². The molecule has 2 aromatic heterocycles. The van der Waals surface area contributed by atoms with Gasteiger partial charge in [0.25, 0.3) is 0 Å². The molecular weight excluding hydrogens is 1260 g/mol. The minimum absolute atomic E-state index is 0. The summed E-state index contributed by atoms with van der Waals surface area (Å²) in [7, 11) is 0. The summed E-state index contributed by atoms with van der Waals surface area (Å²) in [6.45, 7) is 13.4. The molecule has 0 bridgehead atoms. The van der Waals surface area contributed by atoms with Gasteiger partial charge in [0.15, 0.2) is 0 Å². The van der Waals surface area contributed by atoms with Crippen LogP contribution in [0.15, 0.2) is 147 Å². The molecule has 3 heterocycles. The van der Waals surface area contributed by atoms with E-state index in [1.165, 1.54) is 136 Å². The molecule has 1 aliphatic heterocycles. The van der Waals surface area contributed by atoms with Gasteiger partial charge in [-0.1, -0.05) is 231 Å². The van der Waals surface area contributed by atoms with Crippen LogP contribution in [0.1, 0.15) is 183 Å². The monoisotopic (exact) mass is 1350 g/mol. The second-order valence-corrected chi connectivity index (χ2v) is 24.3. The number of aliphatic hydroxyl groups is 2. The van der Waals surface area contributed by atoms with Gasteiger partial charge in [0.1, 0.15) is 22.9 Å². The fourth-order valence-electron chi connectivity index (χ4n) is 11.0. The van der Waals surface area contributed by atoms with Crippen LogP contribution in [0.5, 0.6) is 5.75 Å². The summed E-state index contributed by atoms with van der Waals surface area (Å²) in [6.07, 6.45) is 24.8. The number of aliphatic imine (C=N–C) groups is 1. The molecule has 9 aromatic rings. The van der Waals surface area contributed by atoms with Crippen molar-refractivity contribution in [2.75, 3.05) is 5.75 Å². The minimum Gasteiger partial charge on any atom is -0.872 e. The molecule has 8 nitrogen and oxygen atoms in total. The first-order valence-corrected chi connectivity index (χ1v) is 32.9. The largest absolute Gasteiger partial charge is 3.00 e. The van der Waals surface area contributed by atoms with E-state index in [1.807, 2.05) is 72.8 Å². The van der Waals surface area contributed by atoms with Crippen LogP contribution in [0.3, 0.4) is 0 Å². The summed E-state index contributed by atoms with van der Waals surface area (Å²) in [5, 5.41) is 31.5. The zero-order chi connectivity index (χ0) is 59.8. The minimum atomic E-state index is -0.00702. The Morgan fingerprint density at radius 2 is 0.907 bits per heavy atom. The van der Waals surface area contributed by atoms with Crippen LogP contribution in [0.25, 0.3) is 67.4 Å². The Kier molecular flexibility index (Phi) is 27.9. The van der Waals surface area contributed by atoms with Crippen LogP contribution in [0.2, 0.25) is 0 Å². The average Bonchev–Trinajstić information content (AvgIpc) is 3.90. The normalized spacial score (nSPS) is 12.9. The summed E-state index contributed by atoms with van der Waals surface area (Å²) >= 11 is 1.70. The van der Waals surface area contributed by atoms with E-state index in [2.05, 4.69) is 107 Å². The molecule has 454 valence electrons. The molecule has 1 atom stereocenters.